The molecule has 0 saturated carbocycles. The number of aliphatic imine (C=N–C) groups is 2. The van der Waals surface area contributed by atoms with Gasteiger partial charge in [0.1, 0.15) is 24.8 Å². The number of hydrogen-bond donors (Lipinski definition) is 7. The lowest BCUT2D eigenvalue weighted by Gasteiger charge is -2.48. The third-order valence-corrected chi connectivity index (χ3v) is 4.17. The number of primary amides is 1. The van der Waals surface area contributed by atoms with Gasteiger partial charge in [-0.05, 0) is 0 Å². The standard InChI is InChI=1S/C10H17N7O5/c11-6-15-5-3(2-22-8(13)19)14-7(12)17-1-4(18)10(20,21)9(5,17)16-6/h3-5,18,20-21H,1-2H2,(H2,12,14)(H2,13,19)(H3,11,15,16)/t3-,4?,5-,9-/m0/s1. The van der Waals surface area contributed by atoms with Gasteiger partial charge in [-0.2, -0.15) is 0 Å². The summed E-state index contributed by atoms with van der Waals surface area (Å²) in [7, 11) is 0. The van der Waals surface area contributed by atoms with Crippen LogP contribution in [-0.2, 0) is 4.74 Å². The van der Waals surface area contributed by atoms with E-state index in [0.717, 1.165) is 0 Å². The number of rotatable bonds is 2. The normalized spacial score (nSPS) is 38.5. The minimum Gasteiger partial charge on any atom is -0.447 e. The molecular formula is C10H17N7O5. The van der Waals surface area contributed by atoms with Crippen LogP contribution in [0.15, 0.2) is 9.98 Å². The highest BCUT2D eigenvalue weighted by atomic mass is 16.5. The molecule has 4 atom stereocenters. The molecule has 1 amide bonds. The predicted octanol–water partition coefficient (Wildman–Crippen LogP) is -4.88. The average molecular weight is 315 g/mol. The van der Waals surface area contributed by atoms with E-state index in [-0.39, 0.29) is 25.1 Å². The number of nitrogens with one attached hydrogen (secondary N) is 1. The van der Waals surface area contributed by atoms with Crippen molar-refractivity contribution in [2.75, 3.05) is 13.2 Å². The van der Waals surface area contributed by atoms with E-state index in [1.165, 1.54) is 4.90 Å². The van der Waals surface area contributed by atoms with E-state index in [4.69, 9.17) is 21.9 Å². The Balaban J connectivity index is 2.04. The summed E-state index contributed by atoms with van der Waals surface area (Å²) in [6.07, 6.45) is -2.55. The van der Waals surface area contributed by atoms with Gasteiger partial charge < -0.3 is 47.5 Å². The molecule has 3 heterocycles. The Morgan fingerprint density at radius 2 is 2.14 bits per heavy atom. The molecule has 3 rings (SSSR count). The second-order valence-electron chi connectivity index (χ2n) is 5.39. The van der Waals surface area contributed by atoms with Gasteiger partial charge in [0.05, 0.1) is 6.54 Å². The summed E-state index contributed by atoms with van der Waals surface area (Å²) < 4.78 is 4.71. The zero-order valence-corrected chi connectivity index (χ0v) is 11.4. The van der Waals surface area contributed by atoms with Crippen molar-refractivity contribution in [3.05, 3.63) is 0 Å². The number of hydrogen-bond acceptors (Lipinski definition) is 11. The lowest BCUT2D eigenvalue weighted by Crippen LogP contribution is -2.77. The molecular weight excluding hydrogens is 298 g/mol. The van der Waals surface area contributed by atoms with Gasteiger partial charge in [-0.25, -0.2) is 14.8 Å². The van der Waals surface area contributed by atoms with Crippen LogP contribution in [0.2, 0.25) is 0 Å². The molecule has 12 heteroatoms. The molecule has 0 aliphatic carbocycles. The fraction of sp³-hybridized carbons (Fsp3) is 0.700. The largest absolute Gasteiger partial charge is 0.447 e. The Morgan fingerprint density at radius 1 is 1.45 bits per heavy atom. The summed E-state index contributed by atoms with van der Waals surface area (Å²) in [5.41, 5.74) is 14.7. The van der Waals surface area contributed by atoms with Crippen molar-refractivity contribution in [2.24, 2.45) is 27.2 Å². The van der Waals surface area contributed by atoms with E-state index >= 15 is 0 Å². The van der Waals surface area contributed by atoms with E-state index < -0.39 is 35.7 Å². The van der Waals surface area contributed by atoms with Crippen molar-refractivity contribution in [3.63, 3.8) is 0 Å². The number of amides is 1. The van der Waals surface area contributed by atoms with Crippen molar-refractivity contribution in [2.45, 2.75) is 29.6 Å². The highest BCUT2D eigenvalue weighted by Gasteiger charge is 2.73. The van der Waals surface area contributed by atoms with Crippen molar-refractivity contribution >= 4 is 18.0 Å². The monoisotopic (exact) mass is 315 g/mol. The van der Waals surface area contributed by atoms with Crippen LogP contribution in [0.5, 0.6) is 0 Å². The van der Waals surface area contributed by atoms with Crippen LogP contribution in [0, 0.1) is 0 Å². The molecule has 12 nitrogen and oxygen atoms in total. The molecule has 0 aromatic rings. The predicted molar refractivity (Wildman–Crippen MR) is 72.1 cm³/mol. The zero-order chi connectivity index (χ0) is 16.3. The van der Waals surface area contributed by atoms with E-state index in [1.807, 2.05) is 0 Å². The second kappa shape index (κ2) is 4.34. The van der Waals surface area contributed by atoms with Crippen LogP contribution in [0.3, 0.4) is 0 Å². The maximum Gasteiger partial charge on any atom is 0.404 e. The number of ether oxygens (including phenoxy) is 1. The van der Waals surface area contributed by atoms with Crippen LogP contribution in [0.25, 0.3) is 0 Å². The third kappa shape index (κ3) is 1.65. The Labute approximate surface area is 124 Å². The number of aliphatic hydroxyl groups excluding tert-OH is 1. The van der Waals surface area contributed by atoms with Crippen LogP contribution in [0.4, 0.5) is 4.79 Å². The van der Waals surface area contributed by atoms with E-state index in [2.05, 4.69) is 15.3 Å². The molecule has 1 spiro atoms. The van der Waals surface area contributed by atoms with Gasteiger partial charge in [0.25, 0.3) is 0 Å². The maximum atomic E-state index is 10.8. The first-order valence-electron chi connectivity index (χ1n) is 6.47. The Bertz CT molecular complexity index is 578. The summed E-state index contributed by atoms with van der Waals surface area (Å²) in [5.74, 6) is -2.75. The molecule has 0 bridgehead atoms. The van der Waals surface area contributed by atoms with Gasteiger partial charge in [-0.15, -0.1) is 0 Å². The fourth-order valence-electron chi connectivity index (χ4n) is 3.22. The Morgan fingerprint density at radius 3 is 2.77 bits per heavy atom. The minimum absolute atomic E-state index is 0.0734. The van der Waals surface area contributed by atoms with Crippen molar-refractivity contribution in [3.8, 4) is 0 Å². The topological polar surface area (TPSA) is 205 Å². The highest BCUT2D eigenvalue weighted by Crippen LogP contribution is 2.44. The van der Waals surface area contributed by atoms with Crippen LogP contribution in [-0.4, -0.2) is 81.0 Å². The van der Waals surface area contributed by atoms with Crippen molar-refractivity contribution < 1.29 is 24.9 Å². The number of aliphatic hydroxyl groups is 3. The number of guanidine groups is 2. The van der Waals surface area contributed by atoms with Crippen molar-refractivity contribution in [1.82, 2.24) is 10.2 Å². The van der Waals surface area contributed by atoms with Crippen LogP contribution >= 0.6 is 0 Å². The fourth-order valence-corrected chi connectivity index (χ4v) is 3.22. The van der Waals surface area contributed by atoms with E-state index in [0.29, 0.717) is 0 Å². The van der Waals surface area contributed by atoms with Gasteiger partial charge in [0, 0.05) is 0 Å². The number of nitrogens with two attached hydrogens (primary N) is 3. The van der Waals surface area contributed by atoms with Gasteiger partial charge in [0.2, 0.25) is 5.79 Å². The van der Waals surface area contributed by atoms with Crippen LogP contribution in [0.1, 0.15) is 0 Å². The molecule has 0 aromatic heterocycles. The van der Waals surface area contributed by atoms with Gasteiger partial charge >= 0.3 is 6.09 Å². The van der Waals surface area contributed by atoms with Crippen molar-refractivity contribution in [1.29, 1.82) is 0 Å². The summed E-state index contributed by atoms with van der Waals surface area (Å²) in [6.45, 7) is -0.459. The quantitative estimate of drug-likeness (QED) is 0.243. The highest BCUT2D eigenvalue weighted by molar-refractivity contribution is 5.87. The molecule has 1 fully saturated rings. The van der Waals surface area contributed by atoms with Gasteiger partial charge in [-0.3, -0.25) is 0 Å². The van der Waals surface area contributed by atoms with E-state index in [1.54, 1.807) is 0 Å². The number of carbonyl (C=O) groups excluding carboxylic acids is 1. The molecule has 0 radical (unpaired) electrons. The van der Waals surface area contributed by atoms with Crippen LogP contribution < -0.4 is 22.5 Å². The average Bonchev–Trinajstić information content (AvgIpc) is 2.86. The maximum absolute atomic E-state index is 10.8. The molecule has 10 N–H and O–H groups in total. The lowest BCUT2D eigenvalue weighted by molar-refractivity contribution is -0.257. The number of carbonyl (C=O) groups is 1. The molecule has 1 saturated heterocycles. The molecule has 3 aliphatic rings. The molecule has 122 valence electrons. The minimum atomic E-state index is -2.60. The summed E-state index contributed by atoms with van der Waals surface area (Å²) in [5, 5.41) is 33.4. The first-order chi connectivity index (χ1) is 10.2. The first kappa shape index (κ1) is 14.6. The molecule has 0 aromatic carbocycles. The third-order valence-electron chi connectivity index (χ3n) is 4.17. The first-order valence-corrected chi connectivity index (χ1v) is 6.47. The summed E-state index contributed by atoms with van der Waals surface area (Å²) >= 11 is 0. The molecule has 1 unspecified atom stereocenters. The zero-order valence-electron chi connectivity index (χ0n) is 11.4. The van der Waals surface area contributed by atoms with Gasteiger partial charge in [-0.1, -0.05) is 0 Å². The summed E-state index contributed by atoms with van der Waals surface area (Å²) in [4.78, 5) is 20.3. The lowest BCUT2D eigenvalue weighted by atomic mass is 9.86. The Kier molecular flexibility index (Phi) is 2.89. The SMILES string of the molecule is NC(=O)OC[C@@H]1N=C(N)N2CC(O)C(O)(O)[C@@]23NC(N)=N[C@@H]13. The Hall–Kier alpha value is -2.31. The second-order valence-corrected chi connectivity index (χ2v) is 5.39. The molecule has 3 aliphatic heterocycles. The smallest absolute Gasteiger partial charge is 0.404 e. The summed E-state index contributed by atoms with van der Waals surface area (Å²) in [6, 6.07) is -1.80. The van der Waals surface area contributed by atoms with Gasteiger partial charge in [0.15, 0.2) is 17.6 Å². The van der Waals surface area contributed by atoms with E-state index in [9.17, 15) is 20.1 Å². The number of nitrogens with zero attached hydrogens (tertiary/aromatic N) is 3. The molecule has 22 heavy (non-hydrogen) atoms.